The third-order valence-corrected chi connectivity index (χ3v) is 5.81. The summed E-state index contributed by atoms with van der Waals surface area (Å²) in [5.74, 6) is 1.74. The molecule has 0 unspecified atom stereocenters. The Hall–Kier alpha value is -2.24. The van der Waals surface area contributed by atoms with Crippen LogP contribution in [0.2, 0.25) is 0 Å². The number of carbonyl (C=O) groups is 2. The zero-order valence-electron chi connectivity index (χ0n) is 13.6. The summed E-state index contributed by atoms with van der Waals surface area (Å²) in [6, 6.07) is 0. The number of hydrogen-bond acceptors (Lipinski definition) is 4. The van der Waals surface area contributed by atoms with Crippen molar-refractivity contribution >= 4 is 17.9 Å². The molecule has 4 saturated carbocycles. The summed E-state index contributed by atoms with van der Waals surface area (Å²) in [6.07, 6.45) is 14.4. The molecule has 4 aliphatic carbocycles. The van der Waals surface area contributed by atoms with E-state index < -0.39 is 0 Å². The van der Waals surface area contributed by atoms with Crippen LogP contribution in [-0.4, -0.2) is 21.8 Å². The van der Waals surface area contributed by atoms with Crippen LogP contribution in [0.15, 0.2) is 24.7 Å². The Bertz CT molecular complexity index is 636. The van der Waals surface area contributed by atoms with E-state index in [1.54, 1.807) is 24.7 Å². The van der Waals surface area contributed by atoms with E-state index in [2.05, 4.69) is 20.8 Å². The molecule has 5 rings (SSSR count). The van der Waals surface area contributed by atoms with Crippen molar-refractivity contribution in [2.75, 3.05) is 0 Å². The van der Waals surface area contributed by atoms with E-state index in [4.69, 9.17) is 0 Å². The Kier molecular flexibility index (Phi) is 3.82. The number of hydrogen-bond donors (Lipinski definition) is 2. The zero-order valence-corrected chi connectivity index (χ0v) is 13.6. The van der Waals surface area contributed by atoms with Gasteiger partial charge in [0.25, 0.3) is 5.91 Å². The third kappa shape index (κ3) is 2.92. The van der Waals surface area contributed by atoms with Crippen LogP contribution in [0.5, 0.6) is 0 Å². The molecule has 2 N–H and O–H groups in total. The number of hydrazine groups is 1. The molecule has 1 aromatic rings. The van der Waals surface area contributed by atoms with Crippen molar-refractivity contribution in [1.82, 2.24) is 20.8 Å². The van der Waals surface area contributed by atoms with Crippen LogP contribution in [0.1, 0.15) is 44.2 Å². The summed E-state index contributed by atoms with van der Waals surface area (Å²) in [5.41, 5.74) is 5.50. The molecule has 0 atom stereocenters. The third-order valence-electron chi connectivity index (χ3n) is 5.81. The number of rotatable bonds is 3. The summed E-state index contributed by atoms with van der Waals surface area (Å²) >= 11 is 0. The first-order chi connectivity index (χ1) is 11.6. The highest BCUT2D eigenvalue weighted by molar-refractivity contribution is 5.93. The van der Waals surface area contributed by atoms with Gasteiger partial charge in [-0.05, 0) is 62.4 Å². The van der Waals surface area contributed by atoms with Gasteiger partial charge in [0, 0.05) is 18.5 Å². The summed E-state index contributed by atoms with van der Waals surface area (Å²) in [4.78, 5) is 32.6. The van der Waals surface area contributed by atoms with Crippen molar-refractivity contribution in [3.05, 3.63) is 30.4 Å². The fourth-order valence-electron chi connectivity index (χ4n) is 5.24. The van der Waals surface area contributed by atoms with Gasteiger partial charge in [0.2, 0.25) is 5.91 Å². The van der Waals surface area contributed by atoms with Gasteiger partial charge in [-0.1, -0.05) is 0 Å². The Morgan fingerprint density at radius 3 is 2.29 bits per heavy atom. The van der Waals surface area contributed by atoms with Crippen LogP contribution in [0, 0.1) is 23.2 Å². The van der Waals surface area contributed by atoms with Crippen molar-refractivity contribution < 1.29 is 9.59 Å². The fraction of sp³-hybridized carbons (Fsp3) is 0.556. The molecule has 1 aromatic heterocycles. The quantitative estimate of drug-likeness (QED) is 0.656. The predicted molar refractivity (Wildman–Crippen MR) is 88.0 cm³/mol. The maximum absolute atomic E-state index is 12.7. The van der Waals surface area contributed by atoms with E-state index in [1.165, 1.54) is 25.3 Å². The van der Waals surface area contributed by atoms with Crippen LogP contribution < -0.4 is 10.9 Å². The van der Waals surface area contributed by atoms with E-state index >= 15 is 0 Å². The number of carbonyl (C=O) groups excluding carboxylic acids is 2. The average molecular weight is 326 g/mol. The molecule has 4 fully saturated rings. The second-order valence-electron chi connectivity index (χ2n) is 7.60. The molecular formula is C18H22N4O2. The highest BCUT2D eigenvalue weighted by atomic mass is 16.2. The lowest BCUT2D eigenvalue weighted by atomic mass is 9.49. The van der Waals surface area contributed by atoms with E-state index in [0.717, 1.165) is 19.3 Å². The normalized spacial score (nSPS) is 33.6. The lowest BCUT2D eigenvalue weighted by Gasteiger charge is -2.55. The van der Waals surface area contributed by atoms with Gasteiger partial charge in [0.1, 0.15) is 0 Å². The van der Waals surface area contributed by atoms with Crippen LogP contribution in [0.3, 0.4) is 0 Å². The maximum atomic E-state index is 12.7. The van der Waals surface area contributed by atoms with Crippen molar-refractivity contribution in [3.63, 3.8) is 0 Å². The van der Waals surface area contributed by atoms with Crippen molar-refractivity contribution in [2.45, 2.75) is 38.5 Å². The molecule has 24 heavy (non-hydrogen) atoms. The topological polar surface area (TPSA) is 84.0 Å². The smallest absolute Gasteiger partial charge is 0.262 e. The minimum Gasteiger partial charge on any atom is -0.273 e. The van der Waals surface area contributed by atoms with Crippen LogP contribution in [0.4, 0.5) is 0 Å². The summed E-state index contributed by atoms with van der Waals surface area (Å²) in [6.45, 7) is 0. The van der Waals surface area contributed by atoms with E-state index in [9.17, 15) is 9.59 Å². The van der Waals surface area contributed by atoms with Gasteiger partial charge in [-0.15, -0.1) is 0 Å². The molecule has 0 radical (unpaired) electrons. The average Bonchev–Trinajstić information content (AvgIpc) is 2.57. The van der Waals surface area contributed by atoms with Crippen LogP contribution in [-0.2, 0) is 9.59 Å². The molecule has 4 aliphatic rings. The van der Waals surface area contributed by atoms with Gasteiger partial charge in [-0.2, -0.15) is 0 Å². The number of nitrogens with zero attached hydrogens (tertiary/aromatic N) is 2. The van der Waals surface area contributed by atoms with Gasteiger partial charge in [0.15, 0.2) is 0 Å². The number of aromatic nitrogens is 2. The maximum Gasteiger partial charge on any atom is 0.262 e. The molecule has 1 heterocycles. The molecule has 126 valence electrons. The van der Waals surface area contributed by atoms with Crippen molar-refractivity contribution in [3.8, 4) is 0 Å². The number of amides is 2. The highest BCUT2D eigenvalue weighted by Crippen LogP contribution is 2.59. The first-order valence-electron chi connectivity index (χ1n) is 8.67. The van der Waals surface area contributed by atoms with E-state index in [-0.39, 0.29) is 17.2 Å². The minimum atomic E-state index is -0.362. The minimum absolute atomic E-state index is 0.0112. The van der Waals surface area contributed by atoms with Crippen LogP contribution >= 0.6 is 0 Å². The van der Waals surface area contributed by atoms with Crippen LogP contribution in [0.25, 0.3) is 6.08 Å². The predicted octanol–water partition coefficient (Wildman–Crippen LogP) is 1.85. The van der Waals surface area contributed by atoms with Crippen molar-refractivity contribution in [2.24, 2.45) is 23.2 Å². The van der Waals surface area contributed by atoms with Gasteiger partial charge in [0.05, 0.1) is 17.3 Å². The SMILES string of the molecule is O=C(/C=C/c1cnccn1)NNC(=O)C12CC3CC(CC(C3)C1)C2. The summed E-state index contributed by atoms with van der Waals surface area (Å²) in [5, 5.41) is 0. The summed E-state index contributed by atoms with van der Waals surface area (Å²) < 4.78 is 0. The summed E-state index contributed by atoms with van der Waals surface area (Å²) in [7, 11) is 0. The molecular weight excluding hydrogens is 304 g/mol. The van der Waals surface area contributed by atoms with E-state index in [0.29, 0.717) is 23.4 Å². The van der Waals surface area contributed by atoms with Crippen molar-refractivity contribution in [1.29, 1.82) is 0 Å². The highest BCUT2D eigenvalue weighted by Gasteiger charge is 2.54. The molecule has 6 nitrogen and oxygen atoms in total. The largest absolute Gasteiger partial charge is 0.273 e. The second kappa shape index (κ2) is 6.00. The Labute approximate surface area is 141 Å². The second-order valence-corrected chi connectivity index (χ2v) is 7.60. The Balaban J connectivity index is 1.33. The van der Waals surface area contributed by atoms with Gasteiger partial charge < -0.3 is 0 Å². The van der Waals surface area contributed by atoms with Gasteiger partial charge >= 0.3 is 0 Å². The van der Waals surface area contributed by atoms with E-state index in [1.807, 2.05) is 0 Å². The molecule has 0 spiro atoms. The molecule has 0 aliphatic heterocycles. The van der Waals surface area contributed by atoms with Gasteiger partial charge in [-0.25, -0.2) is 0 Å². The van der Waals surface area contributed by atoms with Gasteiger partial charge in [-0.3, -0.25) is 30.4 Å². The first-order valence-corrected chi connectivity index (χ1v) is 8.67. The number of nitrogens with one attached hydrogen (secondary N) is 2. The molecule has 0 aromatic carbocycles. The standard InChI is InChI=1S/C18H22N4O2/c23-16(2-1-15-11-19-3-4-20-15)21-22-17(24)18-8-12-5-13(9-18)7-14(6-12)10-18/h1-4,11-14H,5-10H2,(H,21,23)(H,22,24)/b2-1+. The Morgan fingerprint density at radius 1 is 1.04 bits per heavy atom. The zero-order chi connectivity index (χ0) is 16.6. The Morgan fingerprint density at radius 2 is 1.71 bits per heavy atom. The lowest BCUT2D eigenvalue weighted by Crippen LogP contribution is -2.56. The molecule has 6 heteroatoms. The first kappa shape index (κ1) is 15.3. The fourth-order valence-corrected chi connectivity index (χ4v) is 5.24. The molecule has 0 saturated heterocycles. The molecule has 2 amide bonds. The molecule has 4 bridgehead atoms. The lowest BCUT2D eigenvalue weighted by molar-refractivity contribution is -0.148. The monoisotopic (exact) mass is 326 g/mol.